The van der Waals surface area contributed by atoms with Crippen LogP contribution < -0.4 is 5.32 Å². The molecule has 1 fully saturated rings. The number of aryl methyl sites for hydroxylation is 1. The molecule has 0 bridgehead atoms. The minimum atomic E-state index is -0.927. The van der Waals surface area contributed by atoms with Crippen LogP contribution in [-0.2, 0) is 4.79 Å². The first-order valence-electron chi connectivity index (χ1n) is 9.93. The number of anilines is 1. The summed E-state index contributed by atoms with van der Waals surface area (Å²) < 4.78 is 3.67. The lowest BCUT2D eigenvalue weighted by Crippen LogP contribution is -2.17. The van der Waals surface area contributed by atoms with Crippen molar-refractivity contribution >= 4 is 17.3 Å². The van der Waals surface area contributed by atoms with E-state index in [2.05, 4.69) is 21.6 Å². The van der Waals surface area contributed by atoms with Crippen LogP contribution in [0.3, 0.4) is 0 Å². The number of carboxylic acid groups (broad SMARTS) is 1. The van der Waals surface area contributed by atoms with E-state index in [9.17, 15) is 10.1 Å². The summed E-state index contributed by atoms with van der Waals surface area (Å²) in [6.45, 7) is 1.83. The Morgan fingerprint density at radius 2 is 2.14 bits per heavy atom. The van der Waals surface area contributed by atoms with Gasteiger partial charge < -0.3 is 10.4 Å². The van der Waals surface area contributed by atoms with Gasteiger partial charge in [0.15, 0.2) is 0 Å². The van der Waals surface area contributed by atoms with Gasteiger partial charge in [-0.25, -0.2) is 4.52 Å². The molecule has 0 aliphatic heterocycles. The molecular weight excluding hydrogens is 368 g/mol. The van der Waals surface area contributed by atoms with E-state index in [1.165, 1.54) is 12.8 Å². The summed E-state index contributed by atoms with van der Waals surface area (Å²) in [6.07, 6.45) is 10.9. The van der Waals surface area contributed by atoms with E-state index in [4.69, 9.17) is 5.11 Å². The van der Waals surface area contributed by atoms with Crippen LogP contribution in [0.15, 0.2) is 30.7 Å². The normalized spacial score (nSPS) is 15.4. The summed E-state index contributed by atoms with van der Waals surface area (Å²) in [4.78, 5) is 10.9. The zero-order valence-corrected chi connectivity index (χ0v) is 16.4. The van der Waals surface area contributed by atoms with E-state index in [-0.39, 0.29) is 12.6 Å². The first-order valence-corrected chi connectivity index (χ1v) is 9.93. The van der Waals surface area contributed by atoms with Gasteiger partial charge in [-0.15, -0.1) is 0 Å². The lowest BCUT2D eigenvalue weighted by molar-refractivity contribution is -0.134. The maximum Gasteiger partial charge on any atom is 0.322 e. The quantitative estimate of drug-likeness (QED) is 0.635. The highest BCUT2D eigenvalue weighted by Crippen LogP contribution is 2.37. The molecule has 3 aromatic rings. The Morgan fingerprint density at radius 1 is 1.34 bits per heavy atom. The summed E-state index contributed by atoms with van der Waals surface area (Å²) in [7, 11) is 0. The fraction of sp³-hybridized carbons (Fsp3) is 0.429. The van der Waals surface area contributed by atoms with Gasteiger partial charge in [0.25, 0.3) is 0 Å². The van der Waals surface area contributed by atoms with Crippen LogP contribution in [0.2, 0.25) is 0 Å². The zero-order valence-electron chi connectivity index (χ0n) is 16.4. The van der Waals surface area contributed by atoms with Gasteiger partial charge >= 0.3 is 5.97 Å². The molecule has 1 atom stereocenters. The SMILES string of the molecule is Cc1cnn2c(NCC(=O)O)ccc2c1-c1cnn(C(CC#N)C2CCCC2)c1. The van der Waals surface area contributed by atoms with E-state index in [0.717, 1.165) is 35.0 Å². The summed E-state index contributed by atoms with van der Waals surface area (Å²) in [5, 5.41) is 30.2. The van der Waals surface area contributed by atoms with Crippen molar-refractivity contribution in [2.24, 2.45) is 5.92 Å². The number of nitriles is 1. The number of hydrogen-bond acceptors (Lipinski definition) is 5. The van der Waals surface area contributed by atoms with Crippen LogP contribution in [0, 0.1) is 24.2 Å². The van der Waals surface area contributed by atoms with Gasteiger partial charge in [0.05, 0.1) is 36.4 Å². The molecule has 29 heavy (non-hydrogen) atoms. The molecule has 150 valence electrons. The average Bonchev–Trinajstić information content (AvgIpc) is 3.45. The second-order valence-corrected chi connectivity index (χ2v) is 7.65. The topological polar surface area (TPSA) is 108 Å². The number of fused-ring (bicyclic) bond motifs is 1. The molecule has 0 radical (unpaired) electrons. The maximum absolute atomic E-state index is 10.9. The molecule has 0 amide bonds. The molecule has 3 heterocycles. The van der Waals surface area contributed by atoms with Crippen molar-refractivity contribution in [3.8, 4) is 17.2 Å². The van der Waals surface area contributed by atoms with Crippen LogP contribution in [0.25, 0.3) is 16.6 Å². The standard InChI is InChI=1S/C21H24N6O2/c1-14-10-25-27-18(6-7-19(27)23-12-20(28)29)21(14)16-11-24-26(13-16)17(8-9-22)15-4-2-3-5-15/h6-7,10-11,13,15,17,23H,2-5,8,12H2,1H3,(H,28,29). The highest BCUT2D eigenvalue weighted by molar-refractivity contribution is 5.84. The van der Waals surface area contributed by atoms with E-state index >= 15 is 0 Å². The summed E-state index contributed by atoms with van der Waals surface area (Å²) in [5.41, 5.74) is 3.88. The van der Waals surface area contributed by atoms with Gasteiger partial charge in [-0.3, -0.25) is 9.48 Å². The van der Waals surface area contributed by atoms with E-state index in [1.54, 1.807) is 10.7 Å². The second kappa shape index (κ2) is 7.95. The zero-order chi connectivity index (χ0) is 20.4. The number of nitrogens with zero attached hydrogens (tertiary/aromatic N) is 5. The van der Waals surface area contributed by atoms with Crippen molar-refractivity contribution in [2.75, 3.05) is 11.9 Å². The molecule has 0 spiro atoms. The number of carbonyl (C=O) groups is 1. The predicted molar refractivity (Wildman–Crippen MR) is 109 cm³/mol. The monoisotopic (exact) mass is 392 g/mol. The molecule has 4 rings (SSSR count). The Kier molecular flexibility index (Phi) is 5.21. The van der Waals surface area contributed by atoms with Crippen molar-refractivity contribution in [3.05, 3.63) is 36.3 Å². The Hall–Kier alpha value is -3.34. The molecule has 1 unspecified atom stereocenters. The molecule has 1 saturated carbocycles. The van der Waals surface area contributed by atoms with Crippen LogP contribution in [0.4, 0.5) is 5.82 Å². The molecule has 1 aliphatic carbocycles. The predicted octanol–water partition coefficient (Wildman–Crippen LogP) is 3.65. The molecule has 1 aliphatic rings. The van der Waals surface area contributed by atoms with Crippen molar-refractivity contribution < 1.29 is 9.90 Å². The number of carboxylic acids is 1. The Morgan fingerprint density at radius 3 is 2.86 bits per heavy atom. The average molecular weight is 392 g/mol. The fourth-order valence-corrected chi connectivity index (χ4v) is 4.39. The second-order valence-electron chi connectivity index (χ2n) is 7.65. The summed E-state index contributed by atoms with van der Waals surface area (Å²) in [5.74, 6) is 0.203. The first-order chi connectivity index (χ1) is 14.1. The van der Waals surface area contributed by atoms with Crippen LogP contribution in [0.1, 0.15) is 43.7 Å². The Labute approximate surface area is 168 Å². The number of nitrogens with one attached hydrogen (secondary N) is 1. The van der Waals surface area contributed by atoms with Gasteiger partial charge in [0.1, 0.15) is 12.4 Å². The largest absolute Gasteiger partial charge is 0.480 e. The minimum Gasteiger partial charge on any atom is -0.480 e. The highest BCUT2D eigenvalue weighted by Gasteiger charge is 2.27. The maximum atomic E-state index is 10.9. The lowest BCUT2D eigenvalue weighted by atomic mass is 9.96. The van der Waals surface area contributed by atoms with Gasteiger partial charge in [-0.1, -0.05) is 12.8 Å². The molecular formula is C21H24N6O2. The third-order valence-corrected chi connectivity index (χ3v) is 5.77. The third-order valence-electron chi connectivity index (χ3n) is 5.77. The van der Waals surface area contributed by atoms with Crippen LogP contribution >= 0.6 is 0 Å². The van der Waals surface area contributed by atoms with Crippen molar-refractivity contribution in [1.29, 1.82) is 5.26 Å². The lowest BCUT2D eigenvalue weighted by Gasteiger charge is -2.21. The first kappa shape index (κ1) is 19.0. The highest BCUT2D eigenvalue weighted by atomic mass is 16.4. The number of aromatic nitrogens is 4. The molecule has 2 N–H and O–H groups in total. The minimum absolute atomic E-state index is 0.106. The number of rotatable bonds is 7. The van der Waals surface area contributed by atoms with Gasteiger partial charge in [0, 0.05) is 17.3 Å². The molecule has 0 aromatic carbocycles. The van der Waals surface area contributed by atoms with Gasteiger partial charge in [-0.2, -0.15) is 15.5 Å². The summed E-state index contributed by atoms with van der Waals surface area (Å²) in [6, 6.07) is 6.19. The smallest absolute Gasteiger partial charge is 0.322 e. The molecule has 8 nitrogen and oxygen atoms in total. The number of aliphatic carboxylic acids is 1. The van der Waals surface area contributed by atoms with Crippen molar-refractivity contribution in [1.82, 2.24) is 19.4 Å². The Bertz CT molecular complexity index is 1070. The van der Waals surface area contributed by atoms with Crippen molar-refractivity contribution in [2.45, 2.75) is 45.1 Å². The van der Waals surface area contributed by atoms with Crippen LogP contribution in [-0.4, -0.2) is 37.0 Å². The van der Waals surface area contributed by atoms with E-state index in [0.29, 0.717) is 18.2 Å². The fourth-order valence-electron chi connectivity index (χ4n) is 4.39. The summed E-state index contributed by atoms with van der Waals surface area (Å²) >= 11 is 0. The number of hydrogen-bond donors (Lipinski definition) is 2. The van der Waals surface area contributed by atoms with Gasteiger partial charge in [0.2, 0.25) is 0 Å². The van der Waals surface area contributed by atoms with Crippen LogP contribution in [0.5, 0.6) is 0 Å². The van der Waals surface area contributed by atoms with Crippen molar-refractivity contribution in [3.63, 3.8) is 0 Å². The Balaban J connectivity index is 1.70. The molecule has 0 saturated heterocycles. The third kappa shape index (κ3) is 3.68. The van der Waals surface area contributed by atoms with E-state index < -0.39 is 5.97 Å². The molecule has 3 aromatic heterocycles. The van der Waals surface area contributed by atoms with E-state index in [1.807, 2.05) is 36.1 Å². The molecule has 8 heteroatoms. The van der Waals surface area contributed by atoms with Gasteiger partial charge in [-0.05, 0) is 43.4 Å².